The minimum atomic E-state index is -3.63. The third-order valence-electron chi connectivity index (χ3n) is 2.36. The van der Waals surface area contributed by atoms with E-state index in [2.05, 4.69) is 56.1 Å². The van der Waals surface area contributed by atoms with Gasteiger partial charge in [0.15, 0.2) is 0 Å². The second-order valence-corrected chi connectivity index (χ2v) is 7.48. The lowest BCUT2D eigenvalue weighted by atomic mass is 10.3. The van der Waals surface area contributed by atoms with Gasteiger partial charge in [0.1, 0.15) is 0 Å². The van der Waals surface area contributed by atoms with Crippen LogP contribution in [0.4, 0.5) is 0 Å². The summed E-state index contributed by atoms with van der Waals surface area (Å²) in [6, 6.07) is 0. The predicted octanol–water partition coefficient (Wildman–Crippen LogP) is 0.108. The first-order valence-electron chi connectivity index (χ1n) is 7.34. The predicted molar refractivity (Wildman–Crippen MR) is 82.1 cm³/mol. The minimum Gasteiger partial charge on any atom is -0.672 e. The van der Waals surface area contributed by atoms with Crippen molar-refractivity contribution in [1.29, 1.82) is 0 Å². The molecule has 0 fully saturated rings. The Labute approximate surface area is 127 Å². The number of rotatable bonds is 6. The van der Waals surface area contributed by atoms with E-state index in [0.29, 0.717) is 0 Å². The molecule has 0 amide bonds. The van der Waals surface area contributed by atoms with Gasteiger partial charge in [0.2, 0.25) is 0 Å². The van der Waals surface area contributed by atoms with Crippen molar-refractivity contribution < 1.29 is 23.0 Å². The molecule has 124 valence electrons. The van der Waals surface area contributed by atoms with Crippen molar-refractivity contribution in [3.05, 3.63) is 0 Å². The van der Waals surface area contributed by atoms with E-state index in [1.165, 1.54) is 38.8 Å². The van der Waals surface area contributed by atoms with Crippen LogP contribution < -0.4 is 9.59 Å². The molecule has 20 heavy (non-hydrogen) atoms. The monoisotopic (exact) mass is 308 g/mol. The van der Waals surface area contributed by atoms with E-state index in [1.54, 1.807) is 0 Å². The summed E-state index contributed by atoms with van der Waals surface area (Å²) in [5.41, 5.74) is 0. The first-order valence-corrected chi connectivity index (χ1v) is 8.57. The Hall–Kier alpha value is -0.463. The molecule has 0 aromatic rings. The number of nitrogens with zero attached hydrogens (tertiary/aromatic N) is 2. The summed E-state index contributed by atoms with van der Waals surface area (Å²) in [5.74, 6) is 0. The molecule has 0 aliphatic carbocycles. The molecule has 0 aromatic carbocycles. The van der Waals surface area contributed by atoms with Gasteiger partial charge in [-0.25, -0.2) is 0 Å². The van der Waals surface area contributed by atoms with Gasteiger partial charge in [-0.1, -0.05) is 26.7 Å². The maximum atomic E-state index is 8.52. The van der Waals surface area contributed by atoms with Crippen LogP contribution in [0.1, 0.15) is 39.5 Å². The molecule has 0 rings (SSSR count). The summed E-state index contributed by atoms with van der Waals surface area (Å²) in [4.78, 5) is 17.0. The summed E-state index contributed by atoms with van der Waals surface area (Å²) in [5, 5.41) is 0. The van der Waals surface area contributed by atoms with Gasteiger partial charge < -0.3 is 23.0 Å². The number of unbranched alkanes of at least 4 members (excludes halogenated alkanes) is 2. The molecule has 0 aliphatic heterocycles. The molecule has 0 heterocycles. The normalized spacial score (nSPS) is 10.8. The largest absolute Gasteiger partial charge is 0.672 e. The van der Waals surface area contributed by atoms with Crippen molar-refractivity contribution >= 4 is 9.17 Å². The van der Waals surface area contributed by atoms with E-state index in [9.17, 15) is 0 Å². The minimum absolute atomic E-state index is 1.10. The first kappa shape index (κ1) is 24.5. The van der Waals surface area contributed by atoms with Crippen LogP contribution in [0.3, 0.4) is 0 Å². The zero-order chi connectivity index (χ0) is 16.8. The molecule has 0 radical (unpaired) electrons. The Kier molecular flexibility index (Phi) is 16.6. The molecule has 0 N–H and O–H groups in total. The van der Waals surface area contributed by atoms with Crippen molar-refractivity contribution in [3.8, 4) is 0 Å². The van der Waals surface area contributed by atoms with Crippen LogP contribution in [0.25, 0.3) is 0 Å². The lowest BCUT2D eigenvalue weighted by Gasteiger charge is -2.23. The summed E-state index contributed by atoms with van der Waals surface area (Å²) < 4.78 is 10.7. The molecule has 0 aromatic heterocycles. The SMILES string of the molecule is CCCC[N+](C)(C)C.CCCC[N+](C)(C)C.O=[Si]([O-])[O-]. The van der Waals surface area contributed by atoms with E-state index in [-0.39, 0.29) is 0 Å². The summed E-state index contributed by atoms with van der Waals surface area (Å²) >= 11 is 0. The van der Waals surface area contributed by atoms with Crippen LogP contribution in [0, 0.1) is 0 Å². The second kappa shape index (κ2) is 13.5. The van der Waals surface area contributed by atoms with Gasteiger partial charge in [0.25, 0.3) is 0 Å². The lowest BCUT2D eigenvalue weighted by Crippen LogP contribution is -2.35. The number of hydrogen-bond acceptors (Lipinski definition) is 3. The molecular formula is C14H36N2O3Si. The van der Waals surface area contributed by atoms with E-state index in [0.717, 1.165) is 8.97 Å². The molecule has 0 unspecified atom stereocenters. The van der Waals surface area contributed by atoms with Crippen LogP contribution in [0.2, 0.25) is 0 Å². The summed E-state index contributed by atoms with van der Waals surface area (Å²) in [7, 11) is 9.76. The highest BCUT2D eigenvalue weighted by Gasteiger charge is 2.03. The quantitative estimate of drug-likeness (QED) is 0.517. The van der Waals surface area contributed by atoms with Crippen molar-refractivity contribution in [2.24, 2.45) is 0 Å². The zero-order valence-corrected chi connectivity index (χ0v) is 15.9. The van der Waals surface area contributed by atoms with Gasteiger partial charge in [0.05, 0.1) is 55.4 Å². The molecule has 5 nitrogen and oxygen atoms in total. The van der Waals surface area contributed by atoms with Crippen LogP contribution in [0.5, 0.6) is 0 Å². The molecule has 0 spiro atoms. The van der Waals surface area contributed by atoms with Crippen molar-refractivity contribution in [2.45, 2.75) is 39.5 Å². The highest BCUT2D eigenvalue weighted by Crippen LogP contribution is 1.95. The summed E-state index contributed by atoms with van der Waals surface area (Å²) in [6.45, 7) is 7.07. The highest BCUT2D eigenvalue weighted by molar-refractivity contribution is 6.17. The molecule has 0 aliphatic rings. The van der Waals surface area contributed by atoms with E-state index < -0.39 is 9.17 Å². The van der Waals surface area contributed by atoms with Gasteiger partial charge >= 0.3 is 0 Å². The van der Waals surface area contributed by atoms with E-state index in [1.807, 2.05) is 0 Å². The number of quaternary nitrogens is 2. The summed E-state index contributed by atoms with van der Waals surface area (Å²) in [6.07, 6.45) is 5.33. The fourth-order valence-corrected chi connectivity index (χ4v) is 1.26. The van der Waals surface area contributed by atoms with E-state index >= 15 is 0 Å². The Morgan fingerprint density at radius 1 is 0.750 bits per heavy atom. The second-order valence-electron chi connectivity index (χ2n) is 6.98. The third-order valence-corrected chi connectivity index (χ3v) is 2.36. The molecule has 0 atom stereocenters. The Morgan fingerprint density at radius 3 is 1.00 bits per heavy atom. The van der Waals surface area contributed by atoms with E-state index in [4.69, 9.17) is 14.1 Å². The van der Waals surface area contributed by atoms with Gasteiger partial charge in [-0.3, -0.25) is 0 Å². The number of hydrogen-bond donors (Lipinski definition) is 0. The lowest BCUT2D eigenvalue weighted by molar-refractivity contribution is -0.870. The van der Waals surface area contributed by atoms with Crippen molar-refractivity contribution in [1.82, 2.24) is 0 Å². The molecule has 6 heteroatoms. The van der Waals surface area contributed by atoms with Crippen LogP contribution in [-0.2, 0) is 4.46 Å². The molecule has 0 saturated carbocycles. The standard InChI is InChI=1S/2C7H18N.O3Si/c2*1-5-6-7-8(2,3)4;1-4(2)3/h2*5-7H2,1-4H3;/q2*+1;-2. The molecule has 0 bridgehead atoms. The van der Waals surface area contributed by atoms with Crippen LogP contribution >= 0.6 is 0 Å². The third kappa shape index (κ3) is 52.7. The molecular weight excluding hydrogens is 272 g/mol. The average Bonchev–Trinajstić information content (AvgIpc) is 2.21. The van der Waals surface area contributed by atoms with Gasteiger partial charge in [-0.05, 0) is 12.8 Å². The van der Waals surface area contributed by atoms with Gasteiger partial charge in [0, 0.05) is 9.17 Å². The van der Waals surface area contributed by atoms with Crippen LogP contribution in [-0.4, -0.2) is 73.5 Å². The fourth-order valence-electron chi connectivity index (χ4n) is 1.26. The van der Waals surface area contributed by atoms with Gasteiger partial charge in [-0.15, -0.1) is 0 Å². The first-order chi connectivity index (χ1) is 8.85. The maximum Gasteiger partial charge on any atom is 0.0780 e. The Bertz CT molecular complexity index is 201. The topological polar surface area (TPSA) is 63.2 Å². The Morgan fingerprint density at radius 2 is 0.950 bits per heavy atom. The highest BCUT2D eigenvalue weighted by atomic mass is 28.3. The average molecular weight is 309 g/mol. The smallest absolute Gasteiger partial charge is 0.0780 e. The zero-order valence-electron chi connectivity index (χ0n) is 14.9. The van der Waals surface area contributed by atoms with Crippen molar-refractivity contribution in [3.63, 3.8) is 0 Å². The maximum absolute atomic E-state index is 8.52. The van der Waals surface area contributed by atoms with Gasteiger partial charge in [-0.2, -0.15) is 0 Å². The fraction of sp³-hybridized carbons (Fsp3) is 1.00. The van der Waals surface area contributed by atoms with Crippen LogP contribution in [0.15, 0.2) is 0 Å². The Balaban J connectivity index is -0.000000230. The van der Waals surface area contributed by atoms with Crippen molar-refractivity contribution in [2.75, 3.05) is 55.4 Å². The molecule has 0 saturated heterocycles.